The number of aromatic nitrogens is 1. The smallest absolute Gasteiger partial charge is 0.255 e. The molecule has 110 valence electrons. The highest BCUT2D eigenvalue weighted by atomic mass is 16.1. The van der Waals surface area contributed by atoms with Gasteiger partial charge in [-0.2, -0.15) is 0 Å². The Labute approximate surface area is 125 Å². The van der Waals surface area contributed by atoms with Crippen molar-refractivity contribution in [3.05, 3.63) is 59.9 Å². The molecule has 0 unspecified atom stereocenters. The van der Waals surface area contributed by atoms with Crippen LogP contribution in [0.5, 0.6) is 0 Å². The number of nitrogens with two attached hydrogens (primary N) is 1. The molecule has 0 atom stereocenters. The number of nitrogens with one attached hydrogen (secondary N) is 1. The Hall–Kier alpha value is -2.36. The second kappa shape index (κ2) is 6.39. The van der Waals surface area contributed by atoms with Gasteiger partial charge in [0.05, 0.1) is 5.56 Å². The molecule has 0 bridgehead atoms. The van der Waals surface area contributed by atoms with E-state index in [1.54, 1.807) is 12.3 Å². The standard InChI is InChI=1S/C17H21N3O/c1-17(2,10-8-13-6-4-3-5-7-13)20-16(21)14-12-19-11-9-15(14)18/h3-7,9,11-12H,8,10H2,1-2H3,(H2,18,19)(H,20,21). The van der Waals surface area contributed by atoms with Crippen LogP contribution >= 0.6 is 0 Å². The first kappa shape index (κ1) is 15.0. The van der Waals surface area contributed by atoms with Crippen LogP contribution in [0.4, 0.5) is 5.69 Å². The number of hydrogen-bond donors (Lipinski definition) is 2. The largest absolute Gasteiger partial charge is 0.398 e. The number of anilines is 1. The van der Waals surface area contributed by atoms with Gasteiger partial charge in [0.1, 0.15) is 0 Å². The zero-order chi connectivity index (χ0) is 15.3. The maximum Gasteiger partial charge on any atom is 0.255 e. The Kier molecular flexibility index (Phi) is 4.58. The molecule has 1 amide bonds. The van der Waals surface area contributed by atoms with Gasteiger partial charge in [0.15, 0.2) is 0 Å². The first-order valence-corrected chi connectivity index (χ1v) is 7.04. The van der Waals surface area contributed by atoms with Gasteiger partial charge in [-0.25, -0.2) is 0 Å². The Morgan fingerprint density at radius 2 is 1.95 bits per heavy atom. The predicted octanol–water partition coefficient (Wildman–Crippen LogP) is 2.81. The Morgan fingerprint density at radius 3 is 2.62 bits per heavy atom. The van der Waals surface area contributed by atoms with Crippen LogP contribution < -0.4 is 11.1 Å². The van der Waals surface area contributed by atoms with E-state index in [4.69, 9.17) is 5.73 Å². The van der Waals surface area contributed by atoms with Gasteiger partial charge in [-0.1, -0.05) is 30.3 Å². The molecule has 0 fully saturated rings. The lowest BCUT2D eigenvalue weighted by Crippen LogP contribution is -2.44. The first-order valence-electron chi connectivity index (χ1n) is 7.04. The predicted molar refractivity (Wildman–Crippen MR) is 85.0 cm³/mol. The zero-order valence-electron chi connectivity index (χ0n) is 12.5. The van der Waals surface area contributed by atoms with E-state index in [1.165, 1.54) is 11.8 Å². The number of amides is 1. The van der Waals surface area contributed by atoms with Gasteiger partial charge >= 0.3 is 0 Å². The molecule has 2 rings (SSSR count). The molecular formula is C17H21N3O. The van der Waals surface area contributed by atoms with Crippen LogP contribution in [0, 0.1) is 0 Å². The average Bonchev–Trinajstić information content (AvgIpc) is 2.46. The molecule has 4 nitrogen and oxygen atoms in total. The lowest BCUT2D eigenvalue weighted by molar-refractivity contribution is 0.0910. The van der Waals surface area contributed by atoms with Gasteiger partial charge in [0.2, 0.25) is 0 Å². The molecule has 1 heterocycles. The second-order valence-corrected chi connectivity index (χ2v) is 5.79. The molecule has 3 N–H and O–H groups in total. The van der Waals surface area contributed by atoms with Crippen molar-refractivity contribution in [3.63, 3.8) is 0 Å². The number of nitrogen functional groups attached to an aromatic ring is 1. The van der Waals surface area contributed by atoms with E-state index in [9.17, 15) is 4.79 Å². The molecule has 0 saturated carbocycles. The van der Waals surface area contributed by atoms with Crippen molar-refractivity contribution in [2.75, 3.05) is 5.73 Å². The fourth-order valence-electron chi connectivity index (χ4n) is 2.13. The van der Waals surface area contributed by atoms with Gasteiger partial charge in [-0.3, -0.25) is 9.78 Å². The monoisotopic (exact) mass is 283 g/mol. The van der Waals surface area contributed by atoms with Gasteiger partial charge in [-0.15, -0.1) is 0 Å². The highest BCUT2D eigenvalue weighted by Gasteiger charge is 2.22. The molecule has 0 radical (unpaired) electrons. The number of nitrogens with zero attached hydrogens (tertiary/aromatic N) is 1. The maximum absolute atomic E-state index is 12.3. The van der Waals surface area contributed by atoms with E-state index in [2.05, 4.69) is 22.4 Å². The van der Waals surface area contributed by atoms with Crippen LogP contribution in [0.2, 0.25) is 0 Å². The number of carbonyl (C=O) groups excluding carboxylic acids is 1. The maximum atomic E-state index is 12.3. The van der Waals surface area contributed by atoms with Crippen LogP contribution in [0.15, 0.2) is 48.8 Å². The third-order valence-electron chi connectivity index (χ3n) is 3.43. The fraction of sp³-hybridized carbons (Fsp3) is 0.294. The normalized spacial score (nSPS) is 11.1. The fourth-order valence-corrected chi connectivity index (χ4v) is 2.13. The minimum Gasteiger partial charge on any atom is -0.398 e. The van der Waals surface area contributed by atoms with Crippen LogP contribution in [0.3, 0.4) is 0 Å². The SMILES string of the molecule is CC(C)(CCc1ccccc1)NC(=O)c1cnccc1N. The summed E-state index contributed by atoms with van der Waals surface area (Å²) in [5.41, 5.74) is 7.63. The molecule has 1 aromatic carbocycles. The van der Waals surface area contributed by atoms with E-state index >= 15 is 0 Å². The summed E-state index contributed by atoms with van der Waals surface area (Å²) in [5, 5.41) is 3.02. The summed E-state index contributed by atoms with van der Waals surface area (Å²) in [6.45, 7) is 4.03. The Balaban J connectivity index is 1.97. The molecule has 21 heavy (non-hydrogen) atoms. The molecule has 0 aliphatic rings. The quantitative estimate of drug-likeness (QED) is 0.886. The lowest BCUT2D eigenvalue weighted by atomic mass is 9.95. The van der Waals surface area contributed by atoms with Crippen LogP contribution in [-0.2, 0) is 6.42 Å². The van der Waals surface area contributed by atoms with E-state index in [0.29, 0.717) is 11.3 Å². The number of hydrogen-bond acceptors (Lipinski definition) is 3. The van der Waals surface area contributed by atoms with Gasteiger partial charge in [-0.05, 0) is 38.3 Å². The Morgan fingerprint density at radius 1 is 1.24 bits per heavy atom. The highest BCUT2D eigenvalue weighted by molar-refractivity contribution is 5.99. The number of benzene rings is 1. The summed E-state index contributed by atoms with van der Waals surface area (Å²) >= 11 is 0. The van der Waals surface area contributed by atoms with Gasteiger partial charge in [0, 0.05) is 23.6 Å². The van der Waals surface area contributed by atoms with Crippen LogP contribution in [0.1, 0.15) is 36.2 Å². The van der Waals surface area contributed by atoms with Crippen molar-refractivity contribution in [1.82, 2.24) is 10.3 Å². The summed E-state index contributed by atoms with van der Waals surface area (Å²) in [7, 11) is 0. The molecule has 0 spiro atoms. The number of aryl methyl sites for hydroxylation is 1. The van der Waals surface area contributed by atoms with Gasteiger partial charge < -0.3 is 11.1 Å². The summed E-state index contributed by atoms with van der Waals surface area (Å²) in [6, 6.07) is 11.9. The van der Waals surface area contributed by atoms with Crippen molar-refractivity contribution in [2.45, 2.75) is 32.2 Å². The number of rotatable bonds is 5. The summed E-state index contributed by atoms with van der Waals surface area (Å²) in [4.78, 5) is 16.2. The topological polar surface area (TPSA) is 68.0 Å². The lowest BCUT2D eigenvalue weighted by Gasteiger charge is -2.26. The average molecular weight is 283 g/mol. The number of carbonyl (C=O) groups is 1. The Bertz CT molecular complexity index is 608. The summed E-state index contributed by atoms with van der Waals surface area (Å²) < 4.78 is 0. The summed E-state index contributed by atoms with van der Waals surface area (Å²) in [5.74, 6) is -0.182. The van der Waals surface area contributed by atoms with Crippen molar-refractivity contribution >= 4 is 11.6 Å². The van der Waals surface area contributed by atoms with Gasteiger partial charge in [0.25, 0.3) is 5.91 Å². The molecule has 2 aromatic rings. The minimum absolute atomic E-state index is 0.182. The van der Waals surface area contributed by atoms with E-state index in [-0.39, 0.29) is 11.4 Å². The van der Waals surface area contributed by atoms with E-state index in [1.807, 2.05) is 32.0 Å². The van der Waals surface area contributed by atoms with Crippen molar-refractivity contribution in [1.29, 1.82) is 0 Å². The van der Waals surface area contributed by atoms with Crippen molar-refractivity contribution < 1.29 is 4.79 Å². The molecular weight excluding hydrogens is 262 g/mol. The third-order valence-corrected chi connectivity index (χ3v) is 3.43. The van der Waals surface area contributed by atoms with E-state index in [0.717, 1.165) is 12.8 Å². The van der Waals surface area contributed by atoms with Crippen LogP contribution in [-0.4, -0.2) is 16.4 Å². The number of pyridine rings is 1. The van der Waals surface area contributed by atoms with Crippen molar-refractivity contribution in [3.8, 4) is 0 Å². The second-order valence-electron chi connectivity index (χ2n) is 5.79. The van der Waals surface area contributed by atoms with Crippen molar-refractivity contribution in [2.24, 2.45) is 0 Å². The third kappa shape index (κ3) is 4.31. The van der Waals surface area contributed by atoms with E-state index < -0.39 is 0 Å². The molecule has 0 aliphatic carbocycles. The molecule has 1 aromatic heterocycles. The molecule has 0 aliphatic heterocycles. The zero-order valence-corrected chi connectivity index (χ0v) is 12.5. The molecule has 4 heteroatoms. The highest BCUT2D eigenvalue weighted by Crippen LogP contribution is 2.16. The first-order chi connectivity index (χ1) is 9.98. The summed E-state index contributed by atoms with van der Waals surface area (Å²) in [6.07, 6.45) is 4.84. The minimum atomic E-state index is -0.310. The van der Waals surface area contributed by atoms with Crippen LogP contribution in [0.25, 0.3) is 0 Å². The molecule has 0 saturated heterocycles.